The van der Waals surface area contributed by atoms with Gasteiger partial charge in [0, 0.05) is 6.21 Å². The molecule has 0 saturated heterocycles. The van der Waals surface area contributed by atoms with E-state index in [2.05, 4.69) is 85.8 Å². The van der Waals surface area contributed by atoms with Gasteiger partial charge in [-0.05, 0) is 45.7 Å². The topological polar surface area (TPSA) is 12.4 Å². The van der Waals surface area contributed by atoms with E-state index in [1.807, 2.05) is 6.21 Å². The van der Waals surface area contributed by atoms with Gasteiger partial charge in [-0.25, -0.2) is 0 Å². The van der Waals surface area contributed by atoms with Gasteiger partial charge in [-0.15, -0.1) is 0 Å². The van der Waals surface area contributed by atoms with Crippen molar-refractivity contribution in [1.82, 2.24) is 0 Å². The molecule has 0 aliphatic heterocycles. The summed E-state index contributed by atoms with van der Waals surface area (Å²) in [5.74, 6) is 0. The van der Waals surface area contributed by atoms with Gasteiger partial charge in [-0.3, -0.25) is 4.99 Å². The Balaban J connectivity index is 1.79. The Morgan fingerprint density at radius 1 is 0.750 bits per heavy atom. The van der Waals surface area contributed by atoms with Crippen molar-refractivity contribution in [2.24, 2.45) is 4.99 Å². The number of aryl methyl sites for hydroxylation is 1. The fourth-order valence-electron chi connectivity index (χ4n) is 3.27. The second-order valence-corrected chi connectivity index (χ2v) is 6.18. The highest BCUT2D eigenvalue weighted by Gasteiger charge is 2.06. The molecule has 0 heterocycles. The van der Waals surface area contributed by atoms with Crippen LogP contribution in [-0.4, -0.2) is 6.21 Å². The summed E-state index contributed by atoms with van der Waals surface area (Å²) < 4.78 is 0. The predicted octanol–water partition coefficient (Wildman–Crippen LogP) is 5.92. The van der Waals surface area contributed by atoms with Crippen molar-refractivity contribution in [3.05, 3.63) is 95.6 Å². The van der Waals surface area contributed by atoms with Crippen LogP contribution in [0, 0.1) is 6.92 Å². The number of hydrogen-bond donors (Lipinski definition) is 0. The van der Waals surface area contributed by atoms with Crippen LogP contribution in [0.1, 0.15) is 16.7 Å². The molecule has 0 spiro atoms. The monoisotopic (exact) mass is 309 g/mol. The first kappa shape index (κ1) is 14.6. The third-order valence-corrected chi connectivity index (χ3v) is 4.41. The van der Waals surface area contributed by atoms with Crippen LogP contribution in [0.5, 0.6) is 0 Å². The Kier molecular flexibility index (Phi) is 3.84. The summed E-state index contributed by atoms with van der Waals surface area (Å²) in [6.45, 7) is 2.80. The zero-order chi connectivity index (χ0) is 16.4. The zero-order valence-corrected chi connectivity index (χ0v) is 13.7. The van der Waals surface area contributed by atoms with Crippen molar-refractivity contribution in [3.8, 4) is 0 Å². The maximum Gasteiger partial charge on any atom is 0.0652 e. The van der Waals surface area contributed by atoms with Crippen molar-refractivity contribution >= 4 is 27.8 Å². The minimum Gasteiger partial charge on any atom is -0.288 e. The Bertz CT molecular complexity index is 990. The van der Waals surface area contributed by atoms with Crippen LogP contribution >= 0.6 is 0 Å². The highest BCUT2D eigenvalue weighted by Crippen LogP contribution is 2.29. The van der Waals surface area contributed by atoms with Gasteiger partial charge < -0.3 is 0 Å². The lowest BCUT2D eigenvalue weighted by molar-refractivity contribution is 1.11. The molecule has 1 nitrogen and oxygen atoms in total. The van der Waals surface area contributed by atoms with E-state index >= 15 is 0 Å². The average Bonchev–Trinajstić information content (AvgIpc) is 2.61. The molecule has 24 heavy (non-hydrogen) atoms. The lowest BCUT2D eigenvalue weighted by Crippen LogP contribution is -1.90. The standard InChI is InChI=1S/C23H19N/c1-17-7-6-8-18(13-17)15-24-16-23-21-11-4-2-9-19(21)14-20-10-3-5-12-22(20)23/h2-15H,16H2,1H3. The average molecular weight is 309 g/mol. The minimum atomic E-state index is 0.690. The molecule has 0 atom stereocenters. The van der Waals surface area contributed by atoms with E-state index in [9.17, 15) is 0 Å². The minimum absolute atomic E-state index is 0.690. The van der Waals surface area contributed by atoms with Crippen LogP contribution in [-0.2, 0) is 6.54 Å². The molecule has 0 aliphatic carbocycles. The summed E-state index contributed by atoms with van der Waals surface area (Å²) in [7, 11) is 0. The van der Waals surface area contributed by atoms with Gasteiger partial charge in [0.15, 0.2) is 0 Å². The molecule has 0 radical (unpaired) electrons. The first-order valence-corrected chi connectivity index (χ1v) is 8.27. The van der Waals surface area contributed by atoms with Crippen LogP contribution in [0.25, 0.3) is 21.5 Å². The van der Waals surface area contributed by atoms with Gasteiger partial charge in [0.2, 0.25) is 0 Å². The van der Waals surface area contributed by atoms with Crippen molar-refractivity contribution in [1.29, 1.82) is 0 Å². The van der Waals surface area contributed by atoms with Crippen LogP contribution in [0.15, 0.2) is 83.9 Å². The molecule has 4 rings (SSSR count). The molecule has 0 amide bonds. The van der Waals surface area contributed by atoms with Crippen LogP contribution in [0.2, 0.25) is 0 Å². The Morgan fingerprint density at radius 3 is 2.08 bits per heavy atom. The van der Waals surface area contributed by atoms with E-state index in [1.165, 1.54) is 32.7 Å². The molecule has 0 fully saturated rings. The van der Waals surface area contributed by atoms with Crippen molar-refractivity contribution in [2.75, 3.05) is 0 Å². The molecule has 0 aromatic heterocycles. The third-order valence-electron chi connectivity index (χ3n) is 4.41. The summed E-state index contributed by atoms with van der Waals surface area (Å²) in [5, 5.41) is 5.13. The third kappa shape index (κ3) is 2.81. The Morgan fingerprint density at radius 2 is 1.42 bits per heavy atom. The molecule has 4 aromatic rings. The number of nitrogens with zero attached hydrogens (tertiary/aromatic N) is 1. The van der Waals surface area contributed by atoms with E-state index in [0.29, 0.717) is 6.54 Å². The van der Waals surface area contributed by atoms with Gasteiger partial charge in [-0.1, -0.05) is 78.4 Å². The molecule has 0 unspecified atom stereocenters. The SMILES string of the molecule is Cc1cccc(C=NCc2c3ccccc3cc3ccccc23)c1. The fourth-order valence-corrected chi connectivity index (χ4v) is 3.27. The summed E-state index contributed by atoms with van der Waals surface area (Å²) in [5.41, 5.74) is 3.71. The summed E-state index contributed by atoms with van der Waals surface area (Å²) in [6, 6.07) is 27.8. The van der Waals surface area contributed by atoms with Gasteiger partial charge in [0.1, 0.15) is 0 Å². The van der Waals surface area contributed by atoms with Crippen molar-refractivity contribution < 1.29 is 0 Å². The number of aliphatic imine (C=N–C) groups is 1. The van der Waals surface area contributed by atoms with Crippen molar-refractivity contribution in [2.45, 2.75) is 13.5 Å². The number of benzene rings is 4. The molecule has 1 heteroatoms. The molecular formula is C23H19N. The quantitative estimate of drug-likeness (QED) is 0.329. The van der Waals surface area contributed by atoms with Crippen LogP contribution in [0.3, 0.4) is 0 Å². The number of hydrogen-bond acceptors (Lipinski definition) is 1. The van der Waals surface area contributed by atoms with Gasteiger partial charge >= 0.3 is 0 Å². The second kappa shape index (κ2) is 6.29. The number of rotatable bonds is 3. The van der Waals surface area contributed by atoms with Crippen LogP contribution in [0.4, 0.5) is 0 Å². The van der Waals surface area contributed by atoms with E-state index in [4.69, 9.17) is 4.99 Å². The summed E-state index contributed by atoms with van der Waals surface area (Å²) in [4.78, 5) is 4.73. The van der Waals surface area contributed by atoms with Gasteiger partial charge in [-0.2, -0.15) is 0 Å². The number of fused-ring (bicyclic) bond motifs is 2. The molecule has 0 bridgehead atoms. The summed E-state index contributed by atoms with van der Waals surface area (Å²) >= 11 is 0. The molecule has 0 N–H and O–H groups in total. The fraction of sp³-hybridized carbons (Fsp3) is 0.0870. The predicted molar refractivity (Wildman–Crippen MR) is 104 cm³/mol. The smallest absolute Gasteiger partial charge is 0.0652 e. The maximum absolute atomic E-state index is 4.73. The first-order valence-electron chi connectivity index (χ1n) is 8.27. The lowest BCUT2D eigenvalue weighted by atomic mass is 9.97. The maximum atomic E-state index is 4.73. The van der Waals surface area contributed by atoms with Crippen LogP contribution < -0.4 is 0 Å². The zero-order valence-electron chi connectivity index (χ0n) is 13.7. The van der Waals surface area contributed by atoms with Crippen molar-refractivity contribution in [3.63, 3.8) is 0 Å². The molecular weight excluding hydrogens is 290 g/mol. The molecule has 4 aromatic carbocycles. The van der Waals surface area contributed by atoms with E-state index in [0.717, 1.165) is 5.56 Å². The molecule has 116 valence electrons. The van der Waals surface area contributed by atoms with E-state index < -0.39 is 0 Å². The molecule has 0 aliphatic rings. The first-order chi connectivity index (χ1) is 11.8. The van der Waals surface area contributed by atoms with E-state index in [1.54, 1.807) is 0 Å². The molecule has 0 saturated carbocycles. The second-order valence-electron chi connectivity index (χ2n) is 6.18. The highest BCUT2D eigenvalue weighted by molar-refractivity contribution is 6.02. The lowest BCUT2D eigenvalue weighted by Gasteiger charge is -2.09. The normalized spacial score (nSPS) is 11.5. The van der Waals surface area contributed by atoms with Gasteiger partial charge in [0.25, 0.3) is 0 Å². The summed E-state index contributed by atoms with van der Waals surface area (Å²) in [6.07, 6.45) is 1.98. The highest BCUT2D eigenvalue weighted by atomic mass is 14.7. The Labute approximate surface area is 142 Å². The largest absolute Gasteiger partial charge is 0.288 e. The van der Waals surface area contributed by atoms with Gasteiger partial charge in [0.05, 0.1) is 6.54 Å². The van der Waals surface area contributed by atoms with E-state index in [-0.39, 0.29) is 0 Å². The Hall–Kier alpha value is -2.93.